The van der Waals surface area contributed by atoms with Gasteiger partial charge in [-0.2, -0.15) is 0 Å². The highest BCUT2D eigenvalue weighted by atomic mass is 16.5. The number of nitrogens with one attached hydrogen (secondary N) is 3. The summed E-state index contributed by atoms with van der Waals surface area (Å²) in [5.74, 6) is 0.982. The van der Waals surface area contributed by atoms with Gasteiger partial charge in [0.2, 0.25) is 5.91 Å². The maximum atomic E-state index is 13.3. The largest absolute Gasteiger partial charge is 0.496 e. The summed E-state index contributed by atoms with van der Waals surface area (Å²) in [6, 6.07) is 35.4. The molecule has 0 bridgehead atoms. The van der Waals surface area contributed by atoms with Crippen molar-refractivity contribution < 1.29 is 14.3 Å². The minimum absolute atomic E-state index is 0.104. The molecule has 1 saturated heterocycles. The minimum Gasteiger partial charge on any atom is -0.496 e. The van der Waals surface area contributed by atoms with Crippen LogP contribution in [0.5, 0.6) is 5.75 Å². The highest BCUT2D eigenvalue weighted by Crippen LogP contribution is 2.38. The lowest BCUT2D eigenvalue weighted by atomic mass is 9.70. The van der Waals surface area contributed by atoms with E-state index in [1.165, 1.54) is 27.8 Å². The first-order chi connectivity index (χ1) is 23.8. The van der Waals surface area contributed by atoms with Gasteiger partial charge in [-0.15, -0.1) is 0 Å². The zero-order valence-electron chi connectivity index (χ0n) is 28.9. The summed E-state index contributed by atoms with van der Waals surface area (Å²) in [6.45, 7) is 7.62. The van der Waals surface area contributed by atoms with Crippen molar-refractivity contribution in [1.29, 1.82) is 0 Å². The molecule has 0 unspecified atom stereocenters. The molecule has 1 aliphatic rings. The van der Waals surface area contributed by atoms with E-state index < -0.39 is 5.41 Å². The highest BCUT2D eigenvalue weighted by molar-refractivity contribution is 5.99. The fourth-order valence-corrected chi connectivity index (χ4v) is 7.33. The number of aromatic amines is 1. The molecule has 49 heavy (non-hydrogen) atoms. The molecule has 1 aromatic heterocycles. The maximum Gasteiger partial charge on any atom is 0.268 e. The third-order valence-electron chi connectivity index (χ3n) is 10.2. The van der Waals surface area contributed by atoms with Crippen molar-refractivity contribution >= 4 is 22.7 Å². The van der Waals surface area contributed by atoms with Gasteiger partial charge >= 0.3 is 0 Å². The summed E-state index contributed by atoms with van der Waals surface area (Å²) in [4.78, 5) is 32.0. The quantitative estimate of drug-likeness (QED) is 0.124. The molecule has 7 nitrogen and oxygen atoms in total. The lowest BCUT2D eigenvalue weighted by molar-refractivity contribution is -0.120. The molecular weight excluding hydrogens is 608 g/mol. The number of ether oxygens (including phenoxy) is 1. The van der Waals surface area contributed by atoms with Gasteiger partial charge in [-0.05, 0) is 100.0 Å². The number of amides is 2. The van der Waals surface area contributed by atoms with E-state index in [1.807, 2.05) is 36.4 Å². The van der Waals surface area contributed by atoms with Gasteiger partial charge in [0.1, 0.15) is 11.4 Å². The zero-order chi connectivity index (χ0) is 34.2. The highest BCUT2D eigenvalue weighted by Gasteiger charge is 2.35. The van der Waals surface area contributed by atoms with Gasteiger partial charge < -0.3 is 25.3 Å². The second-order valence-corrected chi connectivity index (χ2v) is 13.5. The number of piperidine rings is 1. The Kier molecular flexibility index (Phi) is 10.8. The van der Waals surface area contributed by atoms with E-state index in [0.717, 1.165) is 62.0 Å². The van der Waals surface area contributed by atoms with Crippen LogP contribution >= 0.6 is 0 Å². The van der Waals surface area contributed by atoms with E-state index in [9.17, 15) is 9.59 Å². The Hall–Kier alpha value is -4.88. The number of likely N-dealkylation sites (tertiary alicyclic amines) is 1. The van der Waals surface area contributed by atoms with E-state index in [4.69, 9.17) is 4.74 Å². The second-order valence-electron chi connectivity index (χ2n) is 13.5. The topological polar surface area (TPSA) is 86.5 Å². The summed E-state index contributed by atoms with van der Waals surface area (Å²) >= 11 is 0. The number of carbonyl (C=O) groups is 2. The Balaban J connectivity index is 1.14. The van der Waals surface area contributed by atoms with Crippen LogP contribution < -0.4 is 15.4 Å². The molecule has 0 radical (unpaired) electrons. The molecule has 2 amide bonds. The van der Waals surface area contributed by atoms with Crippen LogP contribution in [0.15, 0.2) is 103 Å². The van der Waals surface area contributed by atoms with Gasteiger partial charge in [0.25, 0.3) is 5.91 Å². The number of para-hydroxylation sites is 2. The third kappa shape index (κ3) is 8.06. The number of hydrogen-bond donors (Lipinski definition) is 3. The van der Waals surface area contributed by atoms with Gasteiger partial charge in [-0.1, -0.05) is 96.1 Å². The molecule has 0 saturated carbocycles. The van der Waals surface area contributed by atoms with Gasteiger partial charge in [0.05, 0.1) is 13.7 Å². The van der Waals surface area contributed by atoms with Crippen LogP contribution in [0.2, 0.25) is 0 Å². The van der Waals surface area contributed by atoms with Crippen LogP contribution in [0.25, 0.3) is 10.9 Å². The molecule has 7 heteroatoms. The predicted molar refractivity (Wildman–Crippen MR) is 197 cm³/mol. The second kappa shape index (κ2) is 15.6. The molecule has 2 heterocycles. The Labute approximate surface area is 290 Å². The molecule has 5 aromatic rings. The monoisotopic (exact) mass is 656 g/mol. The van der Waals surface area contributed by atoms with Crippen LogP contribution in [-0.2, 0) is 10.2 Å². The van der Waals surface area contributed by atoms with Crippen molar-refractivity contribution in [3.63, 3.8) is 0 Å². The molecule has 0 spiro atoms. The summed E-state index contributed by atoms with van der Waals surface area (Å²) in [6.07, 6.45) is 4.07. The molecule has 4 aromatic carbocycles. The van der Waals surface area contributed by atoms with Crippen molar-refractivity contribution in [1.82, 2.24) is 20.5 Å². The summed E-state index contributed by atoms with van der Waals surface area (Å²) < 4.78 is 5.66. The molecule has 0 aliphatic carbocycles. The molecule has 254 valence electrons. The number of nitrogens with zero attached hydrogens (tertiary/aromatic N) is 1. The number of aryl methyl sites for hydroxylation is 2. The van der Waals surface area contributed by atoms with Crippen molar-refractivity contribution in [2.24, 2.45) is 0 Å². The number of carbonyl (C=O) groups excluding carboxylic acids is 2. The molecule has 6 rings (SSSR count). The average Bonchev–Trinajstić information content (AvgIpc) is 3.58. The smallest absolute Gasteiger partial charge is 0.268 e. The summed E-state index contributed by atoms with van der Waals surface area (Å²) in [5.41, 5.74) is 6.96. The number of aromatic nitrogens is 1. The van der Waals surface area contributed by atoms with Crippen molar-refractivity contribution in [3.05, 3.63) is 137 Å². The van der Waals surface area contributed by atoms with Gasteiger partial charge in [-0.3, -0.25) is 9.59 Å². The van der Waals surface area contributed by atoms with E-state index >= 15 is 0 Å². The lowest BCUT2D eigenvalue weighted by Crippen LogP contribution is -2.45. The zero-order valence-corrected chi connectivity index (χ0v) is 28.9. The van der Waals surface area contributed by atoms with Crippen LogP contribution in [0, 0.1) is 13.8 Å². The Morgan fingerprint density at radius 1 is 0.837 bits per heavy atom. The van der Waals surface area contributed by atoms with E-state index in [2.05, 4.69) is 101 Å². The average molecular weight is 657 g/mol. The SMILES string of the molecule is COc1ccccc1C1CCN(CCCC(CNC(=O)CNC(=O)c2cc3ccccc3[nH]2)(c2ccc(C)cc2)c2ccc(C)cc2)CC1. The molecule has 1 aliphatic heterocycles. The van der Waals surface area contributed by atoms with Crippen LogP contribution in [0.3, 0.4) is 0 Å². The number of benzene rings is 4. The number of rotatable bonds is 13. The fraction of sp³-hybridized carbons (Fsp3) is 0.333. The van der Waals surface area contributed by atoms with Crippen molar-refractivity contribution in [3.8, 4) is 5.75 Å². The lowest BCUT2D eigenvalue weighted by Gasteiger charge is -2.37. The number of fused-ring (bicyclic) bond motifs is 1. The van der Waals surface area contributed by atoms with Crippen LogP contribution in [0.4, 0.5) is 0 Å². The molecular formula is C42H48N4O3. The Morgan fingerprint density at radius 2 is 1.47 bits per heavy atom. The van der Waals surface area contributed by atoms with Crippen molar-refractivity contribution in [2.75, 3.05) is 39.8 Å². The normalized spacial score (nSPS) is 14.1. The van der Waals surface area contributed by atoms with E-state index in [1.54, 1.807) is 7.11 Å². The number of hydrogen-bond acceptors (Lipinski definition) is 4. The predicted octanol–water partition coefficient (Wildman–Crippen LogP) is 7.29. The third-order valence-corrected chi connectivity index (χ3v) is 10.2. The fourth-order valence-electron chi connectivity index (χ4n) is 7.33. The van der Waals surface area contributed by atoms with E-state index in [-0.39, 0.29) is 18.4 Å². The molecule has 3 N–H and O–H groups in total. The number of methoxy groups -OCH3 is 1. The van der Waals surface area contributed by atoms with Crippen LogP contribution in [0.1, 0.15) is 69.9 Å². The van der Waals surface area contributed by atoms with Crippen LogP contribution in [-0.4, -0.2) is 61.5 Å². The summed E-state index contributed by atoms with van der Waals surface area (Å²) in [5, 5.41) is 6.98. The molecule has 0 atom stereocenters. The van der Waals surface area contributed by atoms with Gasteiger partial charge in [-0.25, -0.2) is 0 Å². The number of H-pyrrole nitrogens is 1. The van der Waals surface area contributed by atoms with E-state index in [0.29, 0.717) is 18.2 Å². The Bertz CT molecular complexity index is 1770. The van der Waals surface area contributed by atoms with Crippen molar-refractivity contribution in [2.45, 2.75) is 50.9 Å². The maximum absolute atomic E-state index is 13.3. The first kappa shape index (κ1) is 34.0. The minimum atomic E-state index is -0.437. The standard InChI is InChI=1S/C42H48N4O3/c1-30-13-17-34(18-14-30)42(35-19-15-31(2)16-20-35,23-8-24-46-25-21-32(22-26-46)36-10-5-7-12-39(36)49-3)29-44-40(47)28-43-41(48)38-27-33-9-4-6-11-37(33)45-38/h4-7,9-20,27,32,45H,8,21-26,28-29H2,1-3H3,(H,43,48)(H,44,47). The van der Waals surface area contributed by atoms with Gasteiger partial charge in [0, 0.05) is 22.9 Å². The summed E-state index contributed by atoms with van der Waals surface area (Å²) in [7, 11) is 1.76. The Morgan fingerprint density at radius 3 is 2.12 bits per heavy atom. The first-order valence-electron chi connectivity index (χ1n) is 17.5. The molecule has 1 fully saturated rings. The first-order valence-corrected chi connectivity index (χ1v) is 17.5. The van der Waals surface area contributed by atoms with Gasteiger partial charge in [0.15, 0.2) is 0 Å².